The second-order valence-electron chi connectivity index (χ2n) is 22.2. The molecule has 3 unspecified atom stereocenters. The van der Waals surface area contributed by atoms with E-state index in [4.69, 9.17) is 50.3 Å². The molecule has 0 aliphatic rings. The molecule has 0 bridgehead atoms. The first-order chi connectivity index (χ1) is 40.0. The molecular weight excluding hydrogens is 1130 g/mol. The number of nitrogens with one attached hydrogen (secondary N) is 1. The van der Waals surface area contributed by atoms with Gasteiger partial charge < -0.3 is 65.6 Å². The minimum absolute atomic E-state index is 0.0150. The number of aldehydes is 1. The Morgan fingerprint density at radius 3 is 1.69 bits per heavy atom. The van der Waals surface area contributed by atoms with Gasteiger partial charge in [-0.3, -0.25) is 24.0 Å². The number of carbonyl (C=O) groups excluding carboxylic acids is 5. The van der Waals surface area contributed by atoms with Gasteiger partial charge in [-0.15, -0.1) is 0 Å². The summed E-state index contributed by atoms with van der Waals surface area (Å²) in [7, 11) is -3.87. The maximum Gasteiger partial charge on any atom is 0.493 e. The lowest BCUT2D eigenvalue weighted by Crippen LogP contribution is -2.63. The van der Waals surface area contributed by atoms with Crippen LogP contribution in [-0.4, -0.2) is 137 Å². The van der Waals surface area contributed by atoms with Crippen LogP contribution in [0.25, 0.3) is 11.1 Å². The average Bonchev–Trinajstić information content (AvgIpc) is 3.04. The summed E-state index contributed by atoms with van der Waals surface area (Å²) >= 11 is 0. The first-order valence-corrected chi connectivity index (χ1v) is 34.7. The average molecular weight is 1220 g/mol. The number of amides is 1. The van der Waals surface area contributed by atoms with E-state index < -0.39 is 60.4 Å². The number of rotatable bonds is 41. The molecule has 0 fully saturated rings. The molecule has 0 saturated carbocycles. The first kappa shape index (κ1) is 71.0. The summed E-state index contributed by atoms with van der Waals surface area (Å²) < 4.78 is 61.5. The number of esters is 2. The lowest BCUT2D eigenvalue weighted by Gasteiger charge is -2.41. The molecular formula is C62H93N3O16Si3. The second kappa shape index (κ2) is 34.0. The monoisotopic (exact) mass is 1220 g/mol. The minimum atomic E-state index is -3.99. The minimum Gasteiger partial charge on any atom is -0.494 e. The van der Waals surface area contributed by atoms with Gasteiger partial charge in [0.15, 0.2) is 6.29 Å². The van der Waals surface area contributed by atoms with Crippen molar-refractivity contribution in [2.45, 2.75) is 124 Å². The highest BCUT2D eigenvalue weighted by Gasteiger charge is 2.58. The predicted octanol–water partition coefficient (Wildman–Crippen LogP) is 10.4. The van der Waals surface area contributed by atoms with Crippen LogP contribution in [0.15, 0.2) is 97.1 Å². The fourth-order valence-corrected chi connectivity index (χ4v) is 21.3. The number of ketones is 1. The van der Waals surface area contributed by atoms with E-state index in [1.807, 2.05) is 42.5 Å². The summed E-state index contributed by atoms with van der Waals surface area (Å²) in [5.41, 5.74) is 9.75. The summed E-state index contributed by atoms with van der Waals surface area (Å²) in [6, 6.07) is 33.9. The fraction of sp³-hybridized carbons (Fsp3) is 0.532. The van der Waals surface area contributed by atoms with Crippen LogP contribution in [0.5, 0.6) is 5.75 Å². The van der Waals surface area contributed by atoms with Gasteiger partial charge >= 0.3 is 38.4 Å². The zero-order chi connectivity index (χ0) is 62.0. The molecule has 19 nitrogen and oxygen atoms in total. The molecule has 22 heteroatoms. The number of hydrogen-bond acceptors (Lipinski definition) is 18. The molecule has 4 aromatic carbocycles. The molecule has 0 aliphatic carbocycles. The molecule has 0 aliphatic heterocycles. The Morgan fingerprint density at radius 2 is 1.14 bits per heavy atom. The van der Waals surface area contributed by atoms with Crippen LogP contribution < -0.4 is 20.7 Å². The highest BCUT2D eigenvalue weighted by Crippen LogP contribution is 2.46. The van der Waals surface area contributed by atoms with Crippen molar-refractivity contribution in [3.05, 3.63) is 108 Å². The van der Waals surface area contributed by atoms with Crippen molar-refractivity contribution in [3.8, 4) is 16.9 Å². The molecule has 0 aromatic heterocycles. The number of nitrogens with two attached hydrogens (primary N) is 1. The standard InChI is InChI=1S/C62H93N3O16Si3/c1-13-61(6,56(68)45-67)47-62(7,46-60(4,5)58(70)78-39-20-37-66)59(71)79-40-21-43-84(76-12,80-82(72-8,73-9)41-18-35-63)81-83(74-10,75-11)42-19-36-64-57(69)24-17-38-77-55-33-31-53(32-34-55)65(54-28-25-48(2)49(3)44-54)52-29-26-51(27-30-52)50-22-15-14-16-23-50/h14-16,22-23,25-34,44-45,66H,13,17-21,24,35-43,46-47,63H2,1-12H3,(H,64,69). The number of carbonyl (C=O) groups is 5. The number of aliphatic hydroxyl groups is 1. The maximum absolute atomic E-state index is 14.4. The zero-order valence-corrected chi connectivity index (χ0v) is 54.6. The molecule has 3 atom stereocenters. The van der Waals surface area contributed by atoms with Gasteiger partial charge in [0.05, 0.1) is 30.7 Å². The van der Waals surface area contributed by atoms with Gasteiger partial charge in [0.2, 0.25) is 11.7 Å². The quantitative estimate of drug-likeness (QED) is 0.0123. The van der Waals surface area contributed by atoms with Gasteiger partial charge in [-0.2, -0.15) is 0 Å². The van der Waals surface area contributed by atoms with E-state index in [1.54, 1.807) is 34.6 Å². The number of Topliss-reactive ketones (excluding diaryl/α,β-unsaturated/α-hetero) is 1. The predicted molar refractivity (Wildman–Crippen MR) is 330 cm³/mol. The number of ether oxygens (including phenoxy) is 3. The number of aryl methyl sites for hydroxylation is 2. The van der Waals surface area contributed by atoms with Gasteiger partial charge in [0.1, 0.15) is 5.75 Å². The largest absolute Gasteiger partial charge is 0.494 e. The third-order valence-electron chi connectivity index (χ3n) is 15.3. The van der Waals surface area contributed by atoms with Crippen LogP contribution in [0.2, 0.25) is 18.1 Å². The highest BCUT2D eigenvalue weighted by atomic mass is 28.5. The number of nitrogens with zero attached hydrogens (tertiary/aromatic N) is 1. The molecule has 464 valence electrons. The second-order valence-corrected chi connectivity index (χ2v) is 31.5. The van der Waals surface area contributed by atoms with E-state index >= 15 is 0 Å². The van der Waals surface area contributed by atoms with Crippen LogP contribution in [0, 0.1) is 30.1 Å². The molecule has 4 rings (SSSR count). The topological polar surface area (TPSA) is 239 Å². The van der Waals surface area contributed by atoms with Crippen LogP contribution in [0.3, 0.4) is 0 Å². The van der Waals surface area contributed by atoms with Crippen LogP contribution >= 0.6 is 0 Å². The Labute approximate surface area is 501 Å². The molecule has 4 N–H and O–H groups in total. The van der Waals surface area contributed by atoms with Crippen molar-refractivity contribution in [2.75, 3.05) is 80.0 Å². The third-order valence-corrected chi connectivity index (χ3v) is 26.3. The normalized spacial score (nSPS) is 14.1. The summed E-state index contributed by atoms with van der Waals surface area (Å²) in [5, 5.41) is 12.2. The summed E-state index contributed by atoms with van der Waals surface area (Å²) in [6.07, 6.45) is 2.32. The van der Waals surface area contributed by atoms with E-state index in [-0.39, 0.29) is 89.2 Å². The van der Waals surface area contributed by atoms with Crippen molar-refractivity contribution in [2.24, 2.45) is 22.0 Å². The van der Waals surface area contributed by atoms with Gasteiger partial charge in [0, 0.05) is 102 Å². The SMILES string of the molecule is CCC(C)(CC(C)(CC(C)(C)C(=O)OCCCO)C(=O)OCCC[Si](OC)(O[Si](CCCN)(OC)OC)O[Si](CCCNC(=O)CCCOc1ccc(N(c2ccc(-c3ccccc3)cc2)c2ccc(C)c(C)c2)cc1)(OC)OC)C(=O)C=O. The van der Waals surface area contributed by atoms with Crippen molar-refractivity contribution in [1.29, 1.82) is 0 Å². The Hall–Kier alpha value is -5.48. The molecule has 0 saturated heterocycles. The lowest BCUT2D eigenvalue weighted by molar-refractivity contribution is -0.165. The maximum atomic E-state index is 14.4. The van der Waals surface area contributed by atoms with Crippen molar-refractivity contribution in [1.82, 2.24) is 5.32 Å². The Kier molecular flexibility index (Phi) is 28.8. The van der Waals surface area contributed by atoms with Crippen LogP contribution in [-0.2, 0) is 63.8 Å². The smallest absolute Gasteiger partial charge is 0.493 e. The van der Waals surface area contributed by atoms with E-state index in [1.165, 1.54) is 46.7 Å². The lowest BCUT2D eigenvalue weighted by atomic mass is 9.64. The van der Waals surface area contributed by atoms with E-state index in [0.29, 0.717) is 44.2 Å². The summed E-state index contributed by atoms with van der Waals surface area (Å²) in [4.78, 5) is 67.9. The van der Waals surface area contributed by atoms with Gasteiger partial charge in [-0.25, -0.2) is 0 Å². The number of hydrogen-bond donors (Lipinski definition) is 3. The van der Waals surface area contributed by atoms with Gasteiger partial charge in [-0.05, 0) is 157 Å². The van der Waals surface area contributed by atoms with Gasteiger partial charge in [-0.1, -0.05) is 62.4 Å². The molecule has 4 aromatic rings. The molecule has 0 heterocycles. The Bertz CT molecular complexity index is 2680. The van der Waals surface area contributed by atoms with Crippen molar-refractivity contribution >= 4 is 73.4 Å². The van der Waals surface area contributed by atoms with Crippen LogP contribution in [0.1, 0.15) is 104 Å². The van der Waals surface area contributed by atoms with E-state index in [0.717, 1.165) is 28.2 Å². The molecule has 84 heavy (non-hydrogen) atoms. The Morgan fingerprint density at radius 1 is 0.607 bits per heavy atom. The fourth-order valence-electron chi connectivity index (χ4n) is 10.1. The Balaban J connectivity index is 1.41. The van der Waals surface area contributed by atoms with E-state index in [2.05, 4.69) is 78.7 Å². The van der Waals surface area contributed by atoms with E-state index in [9.17, 15) is 29.1 Å². The van der Waals surface area contributed by atoms with Crippen LogP contribution in [0.4, 0.5) is 17.1 Å². The number of benzene rings is 4. The third kappa shape index (κ3) is 20.3. The summed E-state index contributed by atoms with van der Waals surface area (Å²) in [5.74, 6) is -1.43. The highest BCUT2D eigenvalue weighted by molar-refractivity contribution is 6.80. The van der Waals surface area contributed by atoms with Crippen molar-refractivity contribution in [3.63, 3.8) is 0 Å². The first-order valence-electron chi connectivity index (χ1n) is 28.9. The molecule has 1 amide bonds. The molecule has 0 spiro atoms. The van der Waals surface area contributed by atoms with Gasteiger partial charge in [0.25, 0.3) is 0 Å². The zero-order valence-electron chi connectivity index (χ0n) is 51.6. The summed E-state index contributed by atoms with van der Waals surface area (Å²) in [6.45, 7) is 13.1. The number of anilines is 3. The molecule has 0 radical (unpaired) electrons. The van der Waals surface area contributed by atoms with Crippen molar-refractivity contribution < 1.29 is 73.7 Å². The number of aliphatic hydroxyl groups excluding tert-OH is 1.